The highest BCUT2D eigenvalue weighted by Crippen LogP contribution is 2.38. The minimum absolute atomic E-state index is 0.141. The first-order valence-corrected chi connectivity index (χ1v) is 11.2. The molecule has 0 fully saturated rings. The van der Waals surface area contributed by atoms with Crippen molar-refractivity contribution in [1.29, 1.82) is 0 Å². The van der Waals surface area contributed by atoms with Gasteiger partial charge in [0, 0.05) is 18.3 Å². The average Bonchev–Trinajstić information content (AvgIpc) is 3.36. The van der Waals surface area contributed by atoms with Crippen molar-refractivity contribution in [2.45, 2.75) is 43.4 Å². The van der Waals surface area contributed by atoms with Crippen molar-refractivity contribution in [3.8, 4) is 0 Å². The maximum atomic E-state index is 12.7. The molecule has 0 bridgehead atoms. The minimum atomic E-state index is -4.11. The zero-order valence-electron chi connectivity index (χ0n) is 16.2. The summed E-state index contributed by atoms with van der Waals surface area (Å²) in [4.78, 5) is 24.2. The molecule has 2 aromatic rings. The number of fused-ring (bicyclic) bond motifs is 2. The second kappa shape index (κ2) is 7.51. The van der Waals surface area contributed by atoms with Gasteiger partial charge in [-0.1, -0.05) is 12.1 Å². The molecule has 0 aromatic heterocycles. The summed E-state index contributed by atoms with van der Waals surface area (Å²) in [6.07, 6.45) is 5.84. The van der Waals surface area contributed by atoms with Crippen LogP contribution in [0.3, 0.4) is 0 Å². The van der Waals surface area contributed by atoms with Crippen LogP contribution in [0.1, 0.15) is 45.5 Å². The van der Waals surface area contributed by atoms with Crippen molar-refractivity contribution in [3.05, 3.63) is 58.1 Å². The van der Waals surface area contributed by atoms with E-state index in [2.05, 4.69) is 21.4 Å². The molecule has 0 radical (unpaired) electrons. The normalized spacial score (nSPS) is 14.8. The topological polar surface area (TPSA) is 104 Å². The number of rotatable bonds is 4. The van der Waals surface area contributed by atoms with Crippen molar-refractivity contribution < 1.29 is 18.0 Å². The Labute approximate surface area is 169 Å². The van der Waals surface area contributed by atoms with Crippen LogP contribution in [0.2, 0.25) is 0 Å². The molecule has 0 spiro atoms. The van der Waals surface area contributed by atoms with Gasteiger partial charge in [-0.05, 0) is 79.0 Å². The third kappa shape index (κ3) is 3.72. The second-order valence-corrected chi connectivity index (χ2v) is 9.08. The molecule has 0 heterocycles. The van der Waals surface area contributed by atoms with Crippen LogP contribution in [0.15, 0.2) is 35.2 Å². The monoisotopic (exact) mass is 413 g/mol. The first-order chi connectivity index (χ1) is 13.9. The van der Waals surface area contributed by atoms with E-state index >= 15 is 0 Å². The number of amides is 3. The molecule has 0 aliphatic heterocycles. The number of urea groups is 1. The van der Waals surface area contributed by atoms with E-state index in [9.17, 15) is 18.0 Å². The van der Waals surface area contributed by atoms with Crippen LogP contribution in [-0.2, 0) is 35.7 Å². The lowest BCUT2D eigenvalue weighted by Gasteiger charge is -2.16. The maximum absolute atomic E-state index is 12.7. The van der Waals surface area contributed by atoms with Crippen LogP contribution in [0, 0.1) is 0 Å². The first-order valence-electron chi connectivity index (χ1n) is 9.71. The van der Waals surface area contributed by atoms with Gasteiger partial charge >= 0.3 is 6.03 Å². The summed E-state index contributed by atoms with van der Waals surface area (Å²) in [7, 11) is -2.65. The van der Waals surface area contributed by atoms with Gasteiger partial charge in [0.2, 0.25) is 0 Å². The summed E-state index contributed by atoms with van der Waals surface area (Å²) in [6.45, 7) is 0. The minimum Gasteiger partial charge on any atom is -0.355 e. The zero-order chi connectivity index (χ0) is 20.6. The van der Waals surface area contributed by atoms with E-state index in [1.54, 1.807) is 0 Å². The van der Waals surface area contributed by atoms with Crippen molar-refractivity contribution in [1.82, 2.24) is 10.0 Å². The quantitative estimate of drug-likeness (QED) is 0.716. The summed E-state index contributed by atoms with van der Waals surface area (Å²) in [5.74, 6) is -0.401. The Morgan fingerprint density at radius 3 is 2.21 bits per heavy atom. The molecule has 8 heteroatoms. The standard InChI is InChI=1S/C21H23N3O4S/c1-22-20(25)15-7-2-8-16(12-15)29(27,28)24-21(26)23-19-17-9-3-5-13(17)11-14-6-4-10-18(14)19/h2,7-8,11-12H,3-6,9-10H2,1H3,(H,22,25)(H2,23,24,26). The van der Waals surface area contributed by atoms with Gasteiger partial charge < -0.3 is 10.6 Å². The third-order valence-electron chi connectivity index (χ3n) is 5.57. The van der Waals surface area contributed by atoms with Crippen molar-refractivity contribution >= 4 is 27.6 Å². The van der Waals surface area contributed by atoms with Gasteiger partial charge in [-0.25, -0.2) is 17.9 Å². The molecule has 2 aromatic carbocycles. The number of anilines is 1. The summed E-state index contributed by atoms with van der Waals surface area (Å²) in [5, 5.41) is 5.26. The average molecular weight is 413 g/mol. The molecule has 2 aliphatic carbocycles. The van der Waals surface area contributed by atoms with Gasteiger partial charge in [-0.15, -0.1) is 0 Å². The Balaban J connectivity index is 1.58. The van der Waals surface area contributed by atoms with Crippen molar-refractivity contribution in [2.75, 3.05) is 12.4 Å². The van der Waals surface area contributed by atoms with E-state index in [-0.39, 0.29) is 10.5 Å². The number of aryl methyl sites for hydroxylation is 2. The van der Waals surface area contributed by atoms with Crippen molar-refractivity contribution in [3.63, 3.8) is 0 Å². The Bertz CT molecular complexity index is 1080. The summed E-state index contributed by atoms with van der Waals surface area (Å²) in [6, 6.07) is 7.02. The van der Waals surface area contributed by atoms with E-state index < -0.39 is 22.0 Å². The second-order valence-electron chi connectivity index (χ2n) is 7.40. The molecule has 0 saturated carbocycles. The van der Waals surface area contributed by atoms with E-state index in [0.29, 0.717) is 0 Å². The van der Waals surface area contributed by atoms with Gasteiger partial charge in [0.25, 0.3) is 15.9 Å². The van der Waals surface area contributed by atoms with Crippen LogP contribution < -0.4 is 15.4 Å². The number of hydrogen-bond donors (Lipinski definition) is 3. The lowest BCUT2D eigenvalue weighted by molar-refractivity contribution is 0.0963. The maximum Gasteiger partial charge on any atom is 0.333 e. The highest BCUT2D eigenvalue weighted by Gasteiger charge is 2.26. The molecule has 0 unspecified atom stereocenters. The predicted molar refractivity (Wildman–Crippen MR) is 110 cm³/mol. The number of benzene rings is 2. The van der Waals surface area contributed by atoms with Crippen LogP contribution >= 0.6 is 0 Å². The van der Waals surface area contributed by atoms with Gasteiger partial charge in [0.1, 0.15) is 0 Å². The van der Waals surface area contributed by atoms with E-state index in [1.165, 1.54) is 42.4 Å². The number of carbonyl (C=O) groups is 2. The first kappa shape index (κ1) is 19.4. The number of sulfonamides is 1. The lowest BCUT2D eigenvalue weighted by atomic mass is 9.99. The highest BCUT2D eigenvalue weighted by atomic mass is 32.2. The van der Waals surface area contributed by atoms with Crippen molar-refractivity contribution in [2.24, 2.45) is 0 Å². The summed E-state index contributed by atoms with van der Waals surface area (Å²) >= 11 is 0. The molecule has 2 aliphatic rings. The molecule has 3 N–H and O–H groups in total. The molecular formula is C21H23N3O4S. The van der Waals surface area contributed by atoms with E-state index in [4.69, 9.17) is 0 Å². The van der Waals surface area contributed by atoms with E-state index in [0.717, 1.165) is 55.3 Å². The summed E-state index contributed by atoms with van der Waals surface area (Å²) in [5.41, 5.74) is 5.73. The van der Waals surface area contributed by atoms with Crippen LogP contribution in [0.25, 0.3) is 0 Å². The fourth-order valence-corrected chi connectivity index (χ4v) is 5.19. The Hall–Kier alpha value is -2.87. The number of nitrogens with one attached hydrogen (secondary N) is 3. The molecular weight excluding hydrogens is 390 g/mol. The Morgan fingerprint density at radius 1 is 0.931 bits per heavy atom. The van der Waals surface area contributed by atoms with Gasteiger partial charge in [0.05, 0.1) is 4.90 Å². The predicted octanol–water partition coefficient (Wildman–Crippen LogP) is 2.53. The Kier molecular flexibility index (Phi) is 5.04. The van der Waals surface area contributed by atoms with Gasteiger partial charge in [0.15, 0.2) is 0 Å². The number of hydrogen-bond acceptors (Lipinski definition) is 4. The molecule has 4 rings (SSSR count). The third-order valence-corrected chi connectivity index (χ3v) is 6.90. The SMILES string of the molecule is CNC(=O)c1cccc(S(=O)(=O)NC(=O)Nc2c3c(cc4c2CCC4)CCC3)c1. The highest BCUT2D eigenvalue weighted by molar-refractivity contribution is 7.90. The Morgan fingerprint density at radius 2 is 1.59 bits per heavy atom. The summed E-state index contributed by atoms with van der Waals surface area (Å²) < 4.78 is 27.4. The molecule has 152 valence electrons. The van der Waals surface area contributed by atoms with Gasteiger partial charge in [-0.2, -0.15) is 0 Å². The largest absolute Gasteiger partial charge is 0.355 e. The molecule has 29 heavy (non-hydrogen) atoms. The molecule has 7 nitrogen and oxygen atoms in total. The van der Waals surface area contributed by atoms with Crippen LogP contribution in [-0.4, -0.2) is 27.4 Å². The zero-order valence-corrected chi connectivity index (χ0v) is 17.0. The van der Waals surface area contributed by atoms with E-state index in [1.807, 2.05) is 0 Å². The molecule has 3 amide bonds. The molecule has 0 atom stereocenters. The number of carbonyl (C=O) groups excluding carboxylic acids is 2. The smallest absolute Gasteiger partial charge is 0.333 e. The van der Waals surface area contributed by atoms with Gasteiger partial charge in [-0.3, -0.25) is 4.79 Å². The fourth-order valence-electron chi connectivity index (χ4n) is 4.24. The fraction of sp³-hybridized carbons (Fsp3) is 0.333. The van der Waals surface area contributed by atoms with Crippen LogP contribution in [0.4, 0.5) is 10.5 Å². The van der Waals surface area contributed by atoms with Crippen LogP contribution in [0.5, 0.6) is 0 Å². The molecule has 0 saturated heterocycles. The lowest BCUT2D eigenvalue weighted by Crippen LogP contribution is -2.35.